The monoisotopic (exact) mass is 343 g/mol. The second-order valence-corrected chi connectivity index (χ2v) is 4.92. The zero-order valence-electron chi connectivity index (χ0n) is 12.9. The van der Waals surface area contributed by atoms with Crippen molar-refractivity contribution in [2.75, 3.05) is 13.4 Å². The summed E-state index contributed by atoms with van der Waals surface area (Å²) in [7, 11) is 0. The first-order valence-electron chi connectivity index (χ1n) is 7.21. The predicted molar refractivity (Wildman–Crippen MR) is 86.9 cm³/mol. The van der Waals surface area contributed by atoms with Crippen LogP contribution in [0.1, 0.15) is 5.56 Å². The minimum absolute atomic E-state index is 0.0161. The smallest absolute Gasteiger partial charge is 0.310 e. The van der Waals surface area contributed by atoms with Crippen LogP contribution in [0.2, 0.25) is 0 Å². The van der Waals surface area contributed by atoms with Gasteiger partial charge in [0.2, 0.25) is 6.79 Å². The largest absolute Gasteiger partial charge is 0.477 e. The molecule has 1 N–H and O–H groups in total. The molecule has 0 fully saturated rings. The number of fused-ring (bicyclic) bond motifs is 1. The highest BCUT2D eigenvalue weighted by molar-refractivity contribution is 5.83. The van der Waals surface area contributed by atoms with Gasteiger partial charge in [0.1, 0.15) is 0 Å². The molecule has 2 aromatic carbocycles. The van der Waals surface area contributed by atoms with Gasteiger partial charge in [-0.2, -0.15) is 5.10 Å². The van der Waals surface area contributed by atoms with Crippen molar-refractivity contribution >= 4 is 17.8 Å². The molecule has 1 heterocycles. The van der Waals surface area contributed by atoms with Gasteiger partial charge in [-0.05, 0) is 29.8 Å². The second-order valence-electron chi connectivity index (χ2n) is 4.92. The number of nitrogens with zero attached hydrogens (tertiary/aromatic N) is 2. The summed E-state index contributed by atoms with van der Waals surface area (Å²) in [5, 5.41) is 14.7. The predicted octanol–water partition coefficient (Wildman–Crippen LogP) is 1.85. The van der Waals surface area contributed by atoms with Gasteiger partial charge in [-0.1, -0.05) is 12.1 Å². The summed E-state index contributed by atoms with van der Waals surface area (Å²) in [5.41, 5.74) is 2.78. The van der Waals surface area contributed by atoms with E-state index in [0.29, 0.717) is 17.1 Å². The number of carbonyl (C=O) groups excluding carboxylic acids is 1. The van der Waals surface area contributed by atoms with E-state index in [1.807, 2.05) is 0 Å². The fourth-order valence-corrected chi connectivity index (χ4v) is 2.08. The molecule has 9 nitrogen and oxygen atoms in total. The summed E-state index contributed by atoms with van der Waals surface area (Å²) in [5.74, 6) is 0.728. The molecular weight excluding hydrogens is 330 g/mol. The van der Waals surface area contributed by atoms with Crippen molar-refractivity contribution in [2.45, 2.75) is 0 Å². The van der Waals surface area contributed by atoms with E-state index in [0.717, 1.165) is 0 Å². The number of nitro benzene ring substituents is 1. The first-order chi connectivity index (χ1) is 12.1. The Morgan fingerprint density at radius 2 is 2.08 bits per heavy atom. The topological polar surface area (TPSA) is 112 Å². The van der Waals surface area contributed by atoms with Crippen LogP contribution in [-0.2, 0) is 4.79 Å². The SMILES string of the molecule is O=C(COc1ccccc1[N+](=O)[O-])NN=Cc1ccc2c(c1)OCO2. The Morgan fingerprint density at radius 3 is 2.92 bits per heavy atom. The molecule has 3 rings (SSSR count). The van der Waals surface area contributed by atoms with Gasteiger partial charge >= 0.3 is 5.69 Å². The fraction of sp³-hybridized carbons (Fsp3) is 0.125. The van der Waals surface area contributed by atoms with Gasteiger partial charge < -0.3 is 14.2 Å². The molecule has 1 amide bonds. The molecule has 128 valence electrons. The van der Waals surface area contributed by atoms with E-state index in [2.05, 4.69) is 10.5 Å². The van der Waals surface area contributed by atoms with Crippen molar-refractivity contribution in [1.29, 1.82) is 0 Å². The highest BCUT2D eigenvalue weighted by Gasteiger charge is 2.15. The van der Waals surface area contributed by atoms with Crippen LogP contribution in [-0.4, -0.2) is 30.4 Å². The molecule has 25 heavy (non-hydrogen) atoms. The lowest BCUT2D eigenvalue weighted by atomic mass is 10.2. The molecule has 1 aliphatic rings. The van der Waals surface area contributed by atoms with E-state index in [9.17, 15) is 14.9 Å². The molecule has 0 radical (unpaired) electrons. The van der Waals surface area contributed by atoms with E-state index in [-0.39, 0.29) is 18.2 Å². The minimum atomic E-state index is -0.578. The normalized spacial score (nSPS) is 12.2. The number of benzene rings is 2. The van der Waals surface area contributed by atoms with Gasteiger partial charge in [0, 0.05) is 6.07 Å². The van der Waals surface area contributed by atoms with Crippen LogP contribution in [0.3, 0.4) is 0 Å². The maximum Gasteiger partial charge on any atom is 0.310 e. The third-order valence-electron chi connectivity index (χ3n) is 3.22. The Hall–Kier alpha value is -3.62. The van der Waals surface area contributed by atoms with Gasteiger partial charge in [0.05, 0.1) is 11.1 Å². The molecule has 1 aliphatic heterocycles. The Morgan fingerprint density at radius 1 is 1.28 bits per heavy atom. The number of hydrogen-bond acceptors (Lipinski definition) is 7. The first kappa shape index (κ1) is 16.2. The van der Waals surface area contributed by atoms with Gasteiger partial charge in [-0.15, -0.1) is 0 Å². The van der Waals surface area contributed by atoms with Crippen LogP contribution in [0.25, 0.3) is 0 Å². The summed E-state index contributed by atoms with van der Waals surface area (Å²) in [6.07, 6.45) is 1.44. The van der Waals surface area contributed by atoms with Gasteiger partial charge in [0.25, 0.3) is 5.91 Å². The van der Waals surface area contributed by atoms with Crippen molar-refractivity contribution in [2.24, 2.45) is 5.10 Å². The lowest BCUT2D eigenvalue weighted by Gasteiger charge is -2.05. The van der Waals surface area contributed by atoms with E-state index < -0.39 is 17.4 Å². The van der Waals surface area contributed by atoms with E-state index in [1.165, 1.54) is 24.4 Å². The summed E-state index contributed by atoms with van der Waals surface area (Å²) >= 11 is 0. The molecule has 0 aromatic heterocycles. The molecule has 0 bridgehead atoms. The molecular formula is C16H13N3O6. The van der Waals surface area contributed by atoms with E-state index >= 15 is 0 Å². The zero-order chi connectivity index (χ0) is 17.6. The molecule has 0 atom stereocenters. The Balaban J connectivity index is 1.52. The summed E-state index contributed by atoms with van der Waals surface area (Å²) in [6, 6.07) is 11.0. The molecule has 9 heteroatoms. The zero-order valence-corrected chi connectivity index (χ0v) is 12.9. The number of hydrazone groups is 1. The van der Waals surface area contributed by atoms with E-state index in [4.69, 9.17) is 14.2 Å². The highest BCUT2D eigenvalue weighted by Crippen LogP contribution is 2.32. The number of nitrogens with one attached hydrogen (secondary N) is 1. The standard InChI is InChI=1S/C16H13N3O6/c20-16(9-23-13-4-2-1-3-12(13)19(21)22)18-17-8-11-5-6-14-15(7-11)25-10-24-14/h1-8H,9-10H2,(H,18,20). The number of amides is 1. The van der Waals surface area contributed by atoms with Crippen molar-refractivity contribution in [3.8, 4) is 17.2 Å². The summed E-state index contributed by atoms with van der Waals surface area (Å²) in [4.78, 5) is 22.0. The number of rotatable bonds is 6. The van der Waals surface area contributed by atoms with Crippen molar-refractivity contribution < 1.29 is 23.9 Å². The summed E-state index contributed by atoms with van der Waals surface area (Å²) in [6.45, 7) is -0.223. The Labute approximate surface area is 142 Å². The lowest BCUT2D eigenvalue weighted by molar-refractivity contribution is -0.385. The number of carbonyl (C=O) groups is 1. The quantitative estimate of drug-likeness (QED) is 0.487. The lowest BCUT2D eigenvalue weighted by Crippen LogP contribution is -2.24. The van der Waals surface area contributed by atoms with Gasteiger partial charge in [0.15, 0.2) is 23.9 Å². The number of para-hydroxylation sites is 2. The molecule has 2 aromatic rings. The third-order valence-corrected chi connectivity index (χ3v) is 3.22. The van der Waals surface area contributed by atoms with Crippen molar-refractivity contribution in [1.82, 2.24) is 5.43 Å². The van der Waals surface area contributed by atoms with Crippen LogP contribution in [0, 0.1) is 10.1 Å². The fourth-order valence-electron chi connectivity index (χ4n) is 2.08. The Kier molecular flexibility index (Phi) is 4.74. The van der Waals surface area contributed by atoms with Crippen molar-refractivity contribution in [3.05, 3.63) is 58.1 Å². The molecule has 0 spiro atoms. The van der Waals surface area contributed by atoms with Crippen LogP contribution >= 0.6 is 0 Å². The average Bonchev–Trinajstić information content (AvgIpc) is 3.08. The van der Waals surface area contributed by atoms with Gasteiger partial charge in [-0.25, -0.2) is 5.43 Å². The number of ether oxygens (including phenoxy) is 3. The molecule has 0 saturated carbocycles. The first-order valence-corrected chi connectivity index (χ1v) is 7.21. The molecule has 0 saturated heterocycles. The third kappa shape index (κ3) is 4.02. The summed E-state index contributed by atoms with van der Waals surface area (Å²) < 4.78 is 15.6. The maximum absolute atomic E-state index is 11.7. The van der Waals surface area contributed by atoms with Gasteiger partial charge in [-0.3, -0.25) is 14.9 Å². The highest BCUT2D eigenvalue weighted by atomic mass is 16.7. The minimum Gasteiger partial charge on any atom is -0.477 e. The van der Waals surface area contributed by atoms with Crippen LogP contribution in [0.4, 0.5) is 5.69 Å². The van der Waals surface area contributed by atoms with Crippen LogP contribution in [0.15, 0.2) is 47.6 Å². The van der Waals surface area contributed by atoms with Crippen LogP contribution < -0.4 is 19.6 Å². The van der Waals surface area contributed by atoms with Crippen molar-refractivity contribution in [3.63, 3.8) is 0 Å². The number of hydrogen-bond donors (Lipinski definition) is 1. The molecule has 0 unspecified atom stereocenters. The average molecular weight is 343 g/mol. The van der Waals surface area contributed by atoms with Crippen LogP contribution in [0.5, 0.6) is 17.2 Å². The van der Waals surface area contributed by atoms with E-state index in [1.54, 1.807) is 24.3 Å². The molecule has 0 aliphatic carbocycles. The second kappa shape index (κ2) is 7.30. The maximum atomic E-state index is 11.7. The number of nitro groups is 1. The Bertz CT molecular complexity index is 836.